The molecule has 0 aromatic heterocycles. The molecule has 8 heteroatoms. The normalized spacial score (nSPS) is 12.5. The summed E-state index contributed by atoms with van der Waals surface area (Å²) >= 11 is 0. The zero-order chi connectivity index (χ0) is 20.1. The molecule has 0 fully saturated rings. The second-order valence-corrected chi connectivity index (χ2v) is 6.07. The Morgan fingerprint density at radius 2 is 1.74 bits per heavy atom. The zero-order valence-corrected chi connectivity index (χ0v) is 15.8. The Morgan fingerprint density at radius 3 is 2.33 bits per heavy atom. The van der Waals surface area contributed by atoms with Gasteiger partial charge in [-0.25, -0.2) is 0 Å². The second kappa shape index (κ2) is 12.6. The van der Waals surface area contributed by atoms with Crippen molar-refractivity contribution in [2.45, 2.75) is 38.3 Å². The number of carbonyl (C=O) groups excluding carboxylic acids is 4. The Hall–Kier alpha value is -2.74. The Bertz CT molecular complexity index is 621. The van der Waals surface area contributed by atoms with E-state index in [1.165, 1.54) is 0 Å². The number of rotatable bonds is 12. The van der Waals surface area contributed by atoms with Crippen molar-refractivity contribution in [2.24, 2.45) is 0 Å². The number of nitrogens with one attached hydrogen (secondary N) is 4. The second-order valence-electron chi connectivity index (χ2n) is 6.07. The predicted molar refractivity (Wildman–Crippen MR) is 102 cm³/mol. The van der Waals surface area contributed by atoms with Gasteiger partial charge in [0.1, 0.15) is 12.3 Å². The van der Waals surface area contributed by atoms with Crippen molar-refractivity contribution in [1.82, 2.24) is 21.3 Å². The van der Waals surface area contributed by atoms with E-state index in [2.05, 4.69) is 21.3 Å². The molecule has 1 aromatic rings. The van der Waals surface area contributed by atoms with E-state index in [0.29, 0.717) is 25.5 Å². The lowest BCUT2D eigenvalue weighted by molar-refractivity contribution is -0.131. The fraction of sp³-hybridized carbons (Fsp3) is 0.474. The van der Waals surface area contributed by atoms with Crippen LogP contribution in [0.4, 0.5) is 0 Å². The zero-order valence-electron chi connectivity index (χ0n) is 15.8. The third kappa shape index (κ3) is 8.46. The lowest BCUT2D eigenvalue weighted by atomic mass is 10.0. The van der Waals surface area contributed by atoms with Gasteiger partial charge in [0.2, 0.25) is 17.7 Å². The Balaban J connectivity index is 2.62. The van der Waals surface area contributed by atoms with Crippen LogP contribution < -0.4 is 21.3 Å². The van der Waals surface area contributed by atoms with E-state index in [1.54, 1.807) is 7.05 Å². The molecule has 1 rings (SSSR count). The van der Waals surface area contributed by atoms with Crippen LogP contribution in [-0.4, -0.2) is 56.2 Å². The molecule has 0 radical (unpaired) electrons. The number of hydrogen-bond acceptors (Lipinski definition) is 5. The van der Waals surface area contributed by atoms with Crippen molar-refractivity contribution in [3.8, 4) is 0 Å². The highest BCUT2D eigenvalue weighted by molar-refractivity contribution is 5.92. The summed E-state index contributed by atoms with van der Waals surface area (Å²) in [5, 5.41) is 10.5. The molecule has 0 heterocycles. The number of likely N-dealkylation sites (N-methyl/N-ethyl adjacent to an activating group) is 1. The highest BCUT2D eigenvalue weighted by atomic mass is 16.2. The topological polar surface area (TPSA) is 116 Å². The van der Waals surface area contributed by atoms with Gasteiger partial charge in [-0.15, -0.1) is 0 Å². The molecule has 3 amide bonds. The average Bonchev–Trinajstić information content (AvgIpc) is 2.68. The fourth-order valence-electron chi connectivity index (χ4n) is 2.51. The molecule has 0 aliphatic rings. The van der Waals surface area contributed by atoms with Crippen LogP contribution in [0.3, 0.4) is 0 Å². The summed E-state index contributed by atoms with van der Waals surface area (Å²) in [5.74, 6) is -1.17. The van der Waals surface area contributed by atoms with Crippen molar-refractivity contribution in [2.75, 3.05) is 20.1 Å². The third-order valence-corrected chi connectivity index (χ3v) is 3.96. The average molecular weight is 376 g/mol. The highest BCUT2D eigenvalue weighted by Gasteiger charge is 2.24. The number of aldehydes is 1. The summed E-state index contributed by atoms with van der Waals surface area (Å²) in [6, 6.07) is 8.39. The van der Waals surface area contributed by atoms with Crippen LogP contribution in [-0.2, 0) is 25.6 Å². The largest absolute Gasteiger partial charge is 0.348 e. The van der Waals surface area contributed by atoms with Crippen LogP contribution in [0, 0.1) is 0 Å². The quantitative estimate of drug-likeness (QED) is 0.368. The van der Waals surface area contributed by atoms with Gasteiger partial charge in [0.25, 0.3) is 0 Å². The van der Waals surface area contributed by atoms with E-state index in [0.717, 1.165) is 5.56 Å². The van der Waals surface area contributed by atoms with Gasteiger partial charge >= 0.3 is 0 Å². The number of amides is 3. The van der Waals surface area contributed by atoms with Gasteiger partial charge in [0.05, 0.1) is 19.1 Å². The Labute approximate surface area is 159 Å². The maximum atomic E-state index is 12.6. The number of hydrogen-bond donors (Lipinski definition) is 4. The minimum absolute atomic E-state index is 0.104. The van der Waals surface area contributed by atoms with Crippen LogP contribution in [0.25, 0.3) is 0 Å². The van der Waals surface area contributed by atoms with Gasteiger partial charge in [0, 0.05) is 0 Å². The molecule has 0 saturated heterocycles. The van der Waals surface area contributed by atoms with Gasteiger partial charge < -0.3 is 26.1 Å². The van der Waals surface area contributed by atoms with Crippen LogP contribution in [0.2, 0.25) is 0 Å². The molecule has 1 aromatic carbocycles. The van der Waals surface area contributed by atoms with Crippen LogP contribution in [0.5, 0.6) is 0 Å². The summed E-state index contributed by atoms with van der Waals surface area (Å²) in [6.07, 6.45) is 2.20. The molecule has 8 nitrogen and oxygen atoms in total. The Morgan fingerprint density at radius 1 is 1.04 bits per heavy atom. The SMILES string of the molecule is CCCC(NC(=O)C(Cc1ccccc1)NC)C(=O)NCC(=O)NCC=O. The smallest absolute Gasteiger partial charge is 0.243 e. The van der Waals surface area contributed by atoms with Crippen molar-refractivity contribution >= 4 is 24.0 Å². The molecule has 2 atom stereocenters. The molecule has 0 spiro atoms. The maximum absolute atomic E-state index is 12.6. The van der Waals surface area contributed by atoms with Gasteiger partial charge in [-0.3, -0.25) is 14.4 Å². The number of carbonyl (C=O) groups is 4. The van der Waals surface area contributed by atoms with E-state index in [9.17, 15) is 19.2 Å². The van der Waals surface area contributed by atoms with E-state index in [1.807, 2.05) is 37.3 Å². The predicted octanol–water partition coefficient (Wildman–Crippen LogP) is -0.467. The summed E-state index contributed by atoms with van der Waals surface area (Å²) in [6.45, 7) is 1.55. The first kappa shape index (κ1) is 22.3. The highest BCUT2D eigenvalue weighted by Crippen LogP contribution is 2.05. The molecular formula is C19H28N4O4. The first-order valence-electron chi connectivity index (χ1n) is 9.01. The summed E-state index contributed by atoms with van der Waals surface area (Å²) in [7, 11) is 1.69. The van der Waals surface area contributed by atoms with Crippen molar-refractivity contribution < 1.29 is 19.2 Å². The molecule has 2 unspecified atom stereocenters. The standard InChI is InChI=1S/C19H28N4O4/c1-3-7-15(18(26)22-13-17(25)21-10-11-24)23-19(27)16(20-2)12-14-8-5-4-6-9-14/h4-6,8-9,11,15-16,20H,3,7,10,12-13H2,1-2H3,(H,21,25)(H,22,26)(H,23,27). The summed E-state index contributed by atoms with van der Waals surface area (Å²) in [4.78, 5) is 46.6. The van der Waals surface area contributed by atoms with Gasteiger partial charge in [-0.05, 0) is 25.5 Å². The fourth-order valence-corrected chi connectivity index (χ4v) is 2.51. The summed E-state index contributed by atoms with van der Waals surface area (Å²) < 4.78 is 0. The van der Waals surface area contributed by atoms with Gasteiger partial charge in [-0.2, -0.15) is 0 Å². The van der Waals surface area contributed by atoms with Crippen LogP contribution in [0.1, 0.15) is 25.3 Å². The van der Waals surface area contributed by atoms with E-state index in [-0.39, 0.29) is 19.0 Å². The lowest BCUT2D eigenvalue weighted by Gasteiger charge is -2.22. The number of benzene rings is 1. The van der Waals surface area contributed by atoms with Gasteiger partial charge in [0.15, 0.2) is 0 Å². The molecule has 4 N–H and O–H groups in total. The Kier molecular flexibility index (Phi) is 10.4. The van der Waals surface area contributed by atoms with Crippen LogP contribution in [0.15, 0.2) is 30.3 Å². The minimum Gasteiger partial charge on any atom is -0.348 e. The van der Waals surface area contributed by atoms with E-state index in [4.69, 9.17) is 0 Å². The van der Waals surface area contributed by atoms with Crippen molar-refractivity contribution in [1.29, 1.82) is 0 Å². The summed E-state index contributed by atoms with van der Waals surface area (Å²) in [5.41, 5.74) is 1.01. The monoisotopic (exact) mass is 376 g/mol. The molecule has 27 heavy (non-hydrogen) atoms. The maximum Gasteiger partial charge on any atom is 0.243 e. The lowest BCUT2D eigenvalue weighted by Crippen LogP contribution is -2.53. The van der Waals surface area contributed by atoms with Crippen molar-refractivity contribution in [3.63, 3.8) is 0 Å². The van der Waals surface area contributed by atoms with Gasteiger partial charge in [-0.1, -0.05) is 43.7 Å². The third-order valence-electron chi connectivity index (χ3n) is 3.96. The first-order valence-corrected chi connectivity index (χ1v) is 9.01. The molecule has 148 valence electrons. The molecule has 0 aliphatic carbocycles. The first-order chi connectivity index (χ1) is 13.0. The molecular weight excluding hydrogens is 348 g/mol. The minimum atomic E-state index is -0.729. The molecule has 0 bridgehead atoms. The van der Waals surface area contributed by atoms with Crippen molar-refractivity contribution in [3.05, 3.63) is 35.9 Å². The molecule has 0 saturated carbocycles. The van der Waals surface area contributed by atoms with Crippen LogP contribution >= 0.6 is 0 Å². The molecule has 0 aliphatic heterocycles. The van der Waals surface area contributed by atoms with E-state index >= 15 is 0 Å². The van der Waals surface area contributed by atoms with E-state index < -0.39 is 23.9 Å².